The number of aliphatic carboxylic acids is 1. The van der Waals surface area contributed by atoms with Crippen molar-refractivity contribution >= 4 is 11.8 Å². The number of carboxylic acid groups (broad SMARTS) is 1. The Morgan fingerprint density at radius 3 is 2.93 bits per heavy atom. The molecular formula is C10H15N3O2. The summed E-state index contributed by atoms with van der Waals surface area (Å²) < 4.78 is 0. The Morgan fingerprint density at radius 1 is 1.60 bits per heavy atom. The highest BCUT2D eigenvalue weighted by atomic mass is 16.4. The Balaban J connectivity index is 2.61. The van der Waals surface area contributed by atoms with Crippen LogP contribution in [0.25, 0.3) is 0 Å². The van der Waals surface area contributed by atoms with Gasteiger partial charge >= 0.3 is 5.97 Å². The van der Waals surface area contributed by atoms with Crippen LogP contribution >= 0.6 is 0 Å². The third-order valence-corrected chi connectivity index (χ3v) is 1.72. The molecule has 0 bridgehead atoms. The number of anilines is 1. The van der Waals surface area contributed by atoms with Crippen LogP contribution in [0, 0.1) is 5.92 Å². The highest BCUT2D eigenvalue weighted by Crippen LogP contribution is 2.06. The highest BCUT2D eigenvalue weighted by Gasteiger charge is 2.03. The Labute approximate surface area is 88.6 Å². The highest BCUT2D eigenvalue weighted by molar-refractivity contribution is 5.72. The second kappa shape index (κ2) is 5.29. The molecule has 15 heavy (non-hydrogen) atoms. The van der Waals surface area contributed by atoms with Gasteiger partial charge in [-0.2, -0.15) is 0 Å². The van der Waals surface area contributed by atoms with Crippen molar-refractivity contribution in [2.45, 2.75) is 20.3 Å². The molecule has 1 aromatic rings. The average Bonchev–Trinajstić information content (AvgIpc) is 2.14. The lowest BCUT2D eigenvalue weighted by Gasteiger charge is -2.06. The lowest BCUT2D eigenvalue weighted by atomic mass is 10.1. The first-order valence-electron chi connectivity index (χ1n) is 4.85. The van der Waals surface area contributed by atoms with Gasteiger partial charge in [0.05, 0.1) is 0 Å². The summed E-state index contributed by atoms with van der Waals surface area (Å²) in [4.78, 5) is 18.6. The molecule has 0 aliphatic heterocycles. The lowest BCUT2D eigenvalue weighted by Crippen LogP contribution is -2.14. The van der Waals surface area contributed by atoms with Crippen LogP contribution in [-0.2, 0) is 11.2 Å². The predicted molar refractivity (Wildman–Crippen MR) is 56.7 cm³/mol. The third kappa shape index (κ3) is 4.39. The van der Waals surface area contributed by atoms with Crippen molar-refractivity contribution in [3.05, 3.63) is 18.1 Å². The third-order valence-electron chi connectivity index (χ3n) is 1.72. The van der Waals surface area contributed by atoms with Gasteiger partial charge < -0.3 is 10.4 Å². The maximum Gasteiger partial charge on any atom is 0.322 e. The van der Waals surface area contributed by atoms with Gasteiger partial charge in [-0.3, -0.25) is 4.79 Å². The van der Waals surface area contributed by atoms with Crippen molar-refractivity contribution in [3.63, 3.8) is 0 Å². The van der Waals surface area contributed by atoms with E-state index in [0.29, 0.717) is 11.7 Å². The lowest BCUT2D eigenvalue weighted by molar-refractivity contribution is -0.134. The number of carboxylic acids is 1. The molecule has 0 saturated carbocycles. The van der Waals surface area contributed by atoms with Crippen molar-refractivity contribution in [2.24, 2.45) is 5.92 Å². The molecule has 82 valence electrons. The van der Waals surface area contributed by atoms with E-state index in [1.807, 2.05) is 0 Å². The van der Waals surface area contributed by atoms with Gasteiger partial charge in [0.2, 0.25) is 0 Å². The molecule has 0 fully saturated rings. The fourth-order valence-electron chi connectivity index (χ4n) is 1.13. The first-order chi connectivity index (χ1) is 7.08. The van der Waals surface area contributed by atoms with E-state index in [9.17, 15) is 4.79 Å². The normalized spacial score (nSPS) is 10.3. The Hall–Kier alpha value is -1.65. The molecule has 1 rings (SSSR count). The van der Waals surface area contributed by atoms with Crippen LogP contribution < -0.4 is 5.32 Å². The topological polar surface area (TPSA) is 75.1 Å². The standard InChI is InChI=1S/C10H15N3O2/c1-7(2)5-9-11-4-3-8(13-9)12-6-10(14)15/h3-4,7H,5-6H2,1-2H3,(H,14,15)(H,11,12,13). The SMILES string of the molecule is CC(C)Cc1nccc(NCC(=O)O)n1. The van der Waals surface area contributed by atoms with Gasteiger partial charge in [-0.15, -0.1) is 0 Å². The van der Waals surface area contributed by atoms with E-state index in [2.05, 4.69) is 29.1 Å². The van der Waals surface area contributed by atoms with Crippen molar-refractivity contribution in [1.29, 1.82) is 0 Å². The molecule has 2 N–H and O–H groups in total. The largest absolute Gasteiger partial charge is 0.480 e. The number of aromatic nitrogens is 2. The number of hydrogen-bond acceptors (Lipinski definition) is 4. The Kier molecular flexibility index (Phi) is 4.03. The fourth-order valence-corrected chi connectivity index (χ4v) is 1.13. The molecule has 0 amide bonds. The Bertz CT molecular complexity index is 339. The molecule has 0 aromatic carbocycles. The minimum atomic E-state index is -0.904. The number of nitrogens with zero attached hydrogens (tertiary/aromatic N) is 2. The zero-order chi connectivity index (χ0) is 11.3. The maximum atomic E-state index is 10.3. The summed E-state index contributed by atoms with van der Waals surface area (Å²) in [6, 6.07) is 1.66. The van der Waals surface area contributed by atoms with E-state index >= 15 is 0 Å². The van der Waals surface area contributed by atoms with Crippen LogP contribution in [0.4, 0.5) is 5.82 Å². The van der Waals surface area contributed by atoms with Gasteiger partial charge in [0, 0.05) is 12.6 Å². The smallest absolute Gasteiger partial charge is 0.322 e. The second-order valence-electron chi connectivity index (χ2n) is 3.70. The molecule has 0 spiro atoms. The van der Waals surface area contributed by atoms with Crippen molar-refractivity contribution < 1.29 is 9.90 Å². The number of carbonyl (C=O) groups is 1. The van der Waals surface area contributed by atoms with Crippen molar-refractivity contribution in [1.82, 2.24) is 9.97 Å². The number of rotatable bonds is 5. The van der Waals surface area contributed by atoms with E-state index in [0.717, 1.165) is 12.2 Å². The van der Waals surface area contributed by atoms with Crippen LogP contribution in [0.15, 0.2) is 12.3 Å². The van der Waals surface area contributed by atoms with Gasteiger partial charge in [-0.25, -0.2) is 9.97 Å². The molecule has 0 radical (unpaired) electrons. The summed E-state index contributed by atoms with van der Waals surface area (Å²) in [5, 5.41) is 11.2. The molecular weight excluding hydrogens is 194 g/mol. The molecule has 0 unspecified atom stereocenters. The minimum Gasteiger partial charge on any atom is -0.480 e. The minimum absolute atomic E-state index is 0.127. The number of hydrogen-bond donors (Lipinski definition) is 2. The molecule has 5 heteroatoms. The Morgan fingerprint density at radius 2 is 2.33 bits per heavy atom. The number of nitrogens with one attached hydrogen (secondary N) is 1. The van der Waals surface area contributed by atoms with E-state index in [4.69, 9.17) is 5.11 Å². The van der Waals surface area contributed by atoms with Crippen LogP contribution in [0.1, 0.15) is 19.7 Å². The summed E-state index contributed by atoms with van der Waals surface area (Å²) in [6.07, 6.45) is 2.43. The first kappa shape index (κ1) is 11.4. The average molecular weight is 209 g/mol. The first-order valence-corrected chi connectivity index (χ1v) is 4.85. The molecule has 1 heterocycles. The zero-order valence-corrected chi connectivity index (χ0v) is 8.90. The molecule has 0 atom stereocenters. The van der Waals surface area contributed by atoms with E-state index in [1.165, 1.54) is 0 Å². The quantitative estimate of drug-likeness (QED) is 0.761. The monoisotopic (exact) mass is 209 g/mol. The maximum absolute atomic E-state index is 10.3. The second-order valence-corrected chi connectivity index (χ2v) is 3.70. The molecule has 1 aromatic heterocycles. The van der Waals surface area contributed by atoms with E-state index in [1.54, 1.807) is 12.3 Å². The molecule has 0 aliphatic carbocycles. The van der Waals surface area contributed by atoms with Crippen molar-refractivity contribution in [2.75, 3.05) is 11.9 Å². The molecule has 0 saturated heterocycles. The van der Waals surface area contributed by atoms with Gasteiger partial charge in [0.15, 0.2) is 0 Å². The van der Waals surface area contributed by atoms with E-state index in [-0.39, 0.29) is 6.54 Å². The molecule has 5 nitrogen and oxygen atoms in total. The summed E-state index contributed by atoms with van der Waals surface area (Å²) >= 11 is 0. The summed E-state index contributed by atoms with van der Waals surface area (Å²) in [5.41, 5.74) is 0. The summed E-state index contributed by atoms with van der Waals surface area (Å²) in [6.45, 7) is 4.04. The van der Waals surface area contributed by atoms with Crippen LogP contribution in [0.5, 0.6) is 0 Å². The van der Waals surface area contributed by atoms with Gasteiger partial charge in [-0.05, 0) is 12.0 Å². The van der Waals surface area contributed by atoms with Crippen LogP contribution in [-0.4, -0.2) is 27.6 Å². The summed E-state index contributed by atoms with van der Waals surface area (Å²) in [5.74, 6) is 0.877. The van der Waals surface area contributed by atoms with Crippen LogP contribution in [0.3, 0.4) is 0 Å². The summed E-state index contributed by atoms with van der Waals surface area (Å²) in [7, 11) is 0. The van der Waals surface area contributed by atoms with E-state index < -0.39 is 5.97 Å². The van der Waals surface area contributed by atoms with Crippen molar-refractivity contribution in [3.8, 4) is 0 Å². The van der Waals surface area contributed by atoms with Gasteiger partial charge in [-0.1, -0.05) is 13.8 Å². The van der Waals surface area contributed by atoms with Gasteiger partial charge in [0.25, 0.3) is 0 Å². The predicted octanol–water partition coefficient (Wildman–Crippen LogP) is 1.17. The van der Waals surface area contributed by atoms with Crippen LogP contribution in [0.2, 0.25) is 0 Å². The van der Waals surface area contributed by atoms with Gasteiger partial charge in [0.1, 0.15) is 18.2 Å². The zero-order valence-electron chi connectivity index (χ0n) is 8.90. The fraction of sp³-hybridized carbons (Fsp3) is 0.500. The molecule has 0 aliphatic rings.